The molecule has 0 bridgehead atoms. The molecule has 14 heteroatoms. The minimum atomic E-state index is -1.49. The number of amides is 4. The van der Waals surface area contributed by atoms with Crippen LogP contribution in [-0.2, 0) is 30.4 Å². The molecular weight excluding hydrogens is 558 g/mol. The summed E-state index contributed by atoms with van der Waals surface area (Å²) in [5, 5.41) is 31.1. The molecule has 0 aliphatic heterocycles. The molecular formula is C29H45N7O7. The van der Waals surface area contributed by atoms with Gasteiger partial charge in [-0.1, -0.05) is 38.5 Å². The number of aliphatic hydroxyl groups is 1. The predicted octanol–water partition coefficient (Wildman–Crippen LogP) is -0.751. The molecule has 1 heterocycles. The first-order chi connectivity index (χ1) is 20.4. The van der Waals surface area contributed by atoms with Crippen molar-refractivity contribution in [2.24, 2.45) is 17.4 Å². The van der Waals surface area contributed by atoms with Crippen LogP contribution in [0.25, 0.3) is 10.9 Å². The van der Waals surface area contributed by atoms with E-state index in [1.165, 1.54) is 6.92 Å². The zero-order valence-electron chi connectivity index (χ0n) is 24.9. The first-order valence-corrected chi connectivity index (χ1v) is 14.5. The van der Waals surface area contributed by atoms with E-state index < -0.39 is 59.9 Å². The Bertz CT molecular complexity index is 1250. The van der Waals surface area contributed by atoms with Gasteiger partial charge in [0.1, 0.15) is 24.2 Å². The monoisotopic (exact) mass is 603 g/mol. The van der Waals surface area contributed by atoms with Crippen molar-refractivity contribution in [2.45, 2.75) is 83.1 Å². The maximum Gasteiger partial charge on any atom is 0.326 e. The zero-order valence-corrected chi connectivity index (χ0v) is 24.9. The molecule has 43 heavy (non-hydrogen) atoms. The van der Waals surface area contributed by atoms with Gasteiger partial charge in [-0.05, 0) is 50.3 Å². The minimum Gasteiger partial charge on any atom is -0.480 e. The van der Waals surface area contributed by atoms with Gasteiger partial charge in [-0.3, -0.25) is 19.2 Å². The number of aliphatic carboxylic acids is 1. The molecule has 0 unspecified atom stereocenters. The lowest BCUT2D eigenvalue weighted by Crippen LogP contribution is -2.61. The molecule has 14 nitrogen and oxygen atoms in total. The van der Waals surface area contributed by atoms with E-state index in [9.17, 15) is 34.2 Å². The van der Waals surface area contributed by atoms with Crippen LogP contribution in [0.1, 0.15) is 52.0 Å². The summed E-state index contributed by atoms with van der Waals surface area (Å²) in [6.07, 6.45) is 2.01. The van der Waals surface area contributed by atoms with Crippen LogP contribution in [0, 0.1) is 5.92 Å². The average Bonchev–Trinajstić information content (AvgIpc) is 3.39. The van der Waals surface area contributed by atoms with Crippen LogP contribution >= 0.6 is 0 Å². The Morgan fingerprint density at radius 3 is 2.14 bits per heavy atom. The van der Waals surface area contributed by atoms with E-state index in [0.29, 0.717) is 31.4 Å². The van der Waals surface area contributed by atoms with E-state index in [2.05, 4.69) is 26.3 Å². The summed E-state index contributed by atoms with van der Waals surface area (Å²) in [4.78, 5) is 67.0. The number of hydrogen-bond acceptors (Lipinski definition) is 8. The van der Waals surface area contributed by atoms with Crippen LogP contribution in [-0.4, -0.2) is 88.2 Å². The van der Waals surface area contributed by atoms with Crippen molar-refractivity contribution in [3.8, 4) is 0 Å². The van der Waals surface area contributed by atoms with Gasteiger partial charge in [-0.25, -0.2) is 4.79 Å². The predicted molar refractivity (Wildman–Crippen MR) is 160 cm³/mol. The first-order valence-electron chi connectivity index (χ1n) is 14.5. The number of aromatic nitrogens is 1. The van der Waals surface area contributed by atoms with Crippen molar-refractivity contribution < 1.29 is 34.2 Å². The van der Waals surface area contributed by atoms with Crippen LogP contribution in [0.5, 0.6) is 0 Å². The highest BCUT2D eigenvalue weighted by Gasteiger charge is 2.34. The number of H-pyrrole nitrogens is 1. The molecule has 0 aliphatic rings. The smallest absolute Gasteiger partial charge is 0.326 e. The van der Waals surface area contributed by atoms with Gasteiger partial charge < -0.3 is 47.9 Å². The lowest BCUT2D eigenvalue weighted by Gasteiger charge is -2.29. The molecule has 2 aromatic rings. The summed E-state index contributed by atoms with van der Waals surface area (Å²) in [5.41, 5.74) is 12.4. The van der Waals surface area contributed by atoms with Gasteiger partial charge in [-0.2, -0.15) is 0 Å². The standard InChI is InChI=1S/C29H45N7O7/c1-4-16(2)24(35-23(38)14-31)27(40)36-25(17(3)37)28(41)34-22(13-18-15-32-20-10-6-5-9-19(18)20)26(39)33-21(29(42)43)11-7-8-12-30/h5-6,9-10,15-17,21-22,24-25,32,37H,4,7-8,11-14,30-31H2,1-3H3,(H,33,39)(H,34,41)(H,35,38)(H,36,40)(H,42,43)/t16-,17+,21-,22-,24-,25-/m0/s1. The SMILES string of the molecule is CC[C@H](C)[C@H](NC(=O)CN)C(=O)N[C@H](C(=O)N[C@@H](Cc1c[nH]c2ccccc12)C(=O)N[C@@H](CCCCN)C(=O)O)[C@@H](C)O. The molecule has 0 radical (unpaired) electrons. The third kappa shape index (κ3) is 10.3. The number of carboxylic acids is 1. The molecule has 4 amide bonds. The fourth-order valence-corrected chi connectivity index (χ4v) is 4.60. The van der Waals surface area contributed by atoms with Crippen molar-refractivity contribution >= 4 is 40.5 Å². The minimum absolute atomic E-state index is 0.0146. The Balaban J connectivity index is 2.33. The van der Waals surface area contributed by atoms with Gasteiger partial charge in [0.15, 0.2) is 0 Å². The lowest BCUT2D eigenvalue weighted by atomic mass is 9.97. The summed E-state index contributed by atoms with van der Waals surface area (Å²) in [7, 11) is 0. The number of unbranched alkanes of at least 4 members (excludes halogenated alkanes) is 1. The number of benzene rings is 1. The molecule has 1 aromatic heterocycles. The molecule has 0 spiro atoms. The second-order valence-electron chi connectivity index (χ2n) is 10.7. The molecule has 0 saturated carbocycles. The third-order valence-electron chi connectivity index (χ3n) is 7.35. The number of carbonyl (C=O) groups excluding carboxylic acids is 4. The summed E-state index contributed by atoms with van der Waals surface area (Å²) in [6.45, 7) is 4.90. The number of para-hydroxylation sites is 1. The van der Waals surface area contributed by atoms with Gasteiger partial charge in [-0.15, -0.1) is 0 Å². The van der Waals surface area contributed by atoms with Gasteiger partial charge in [0.25, 0.3) is 0 Å². The van der Waals surface area contributed by atoms with E-state index in [-0.39, 0.29) is 25.3 Å². The van der Waals surface area contributed by atoms with Crippen LogP contribution in [0.2, 0.25) is 0 Å². The number of rotatable bonds is 18. The van der Waals surface area contributed by atoms with Crippen molar-refractivity contribution in [1.82, 2.24) is 26.3 Å². The van der Waals surface area contributed by atoms with E-state index in [0.717, 1.165) is 10.9 Å². The number of hydrogen-bond donors (Lipinski definition) is 9. The van der Waals surface area contributed by atoms with E-state index >= 15 is 0 Å². The molecule has 6 atom stereocenters. The van der Waals surface area contributed by atoms with Crippen molar-refractivity contribution in [1.29, 1.82) is 0 Å². The number of aliphatic hydroxyl groups excluding tert-OH is 1. The molecule has 0 saturated heterocycles. The van der Waals surface area contributed by atoms with Gasteiger partial charge in [0.2, 0.25) is 23.6 Å². The Hall–Kier alpha value is -4.01. The fraction of sp³-hybridized carbons (Fsp3) is 0.552. The summed E-state index contributed by atoms with van der Waals surface area (Å²) in [5.74, 6) is -4.43. The normalized spacial score (nSPS) is 15.4. The van der Waals surface area contributed by atoms with Crippen molar-refractivity contribution in [3.63, 3.8) is 0 Å². The summed E-state index contributed by atoms with van der Waals surface area (Å²) >= 11 is 0. The maximum absolute atomic E-state index is 13.5. The Kier molecular flexibility index (Phi) is 14.1. The van der Waals surface area contributed by atoms with Crippen molar-refractivity contribution in [3.05, 3.63) is 36.0 Å². The largest absolute Gasteiger partial charge is 0.480 e. The van der Waals surface area contributed by atoms with Gasteiger partial charge in [0, 0.05) is 23.5 Å². The summed E-state index contributed by atoms with van der Waals surface area (Å²) < 4.78 is 0. The Labute approximate surface area is 250 Å². The second kappa shape index (κ2) is 17.2. The third-order valence-corrected chi connectivity index (χ3v) is 7.35. The van der Waals surface area contributed by atoms with Gasteiger partial charge >= 0.3 is 5.97 Å². The first kappa shape index (κ1) is 35.2. The fourth-order valence-electron chi connectivity index (χ4n) is 4.60. The van der Waals surface area contributed by atoms with Crippen LogP contribution in [0.3, 0.4) is 0 Å². The Morgan fingerprint density at radius 1 is 0.884 bits per heavy atom. The van der Waals surface area contributed by atoms with Crippen LogP contribution in [0.15, 0.2) is 30.5 Å². The van der Waals surface area contributed by atoms with Crippen LogP contribution < -0.4 is 32.7 Å². The highest BCUT2D eigenvalue weighted by molar-refractivity contribution is 5.96. The highest BCUT2D eigenvalue weighted by atomic mass is 16.4. The topological polar surface area (TPSA) is 242 Å². The number of nitrogens with one attached hydrogen (secondary N) is 5. The second-order valence-corrected chi connectivity index (χ2v) is 10.7. The molecule has 0 fully saturated rings. The van der Waals surface area contributed by atoms with E-state index in [1.54, 1.807) is 13.1 Å². The van der Waals surface area contributed by atoms with E-state index in [4.69, 9.17) is 11.5 Å². The Morgan fingerprint density at radius 2 is 1.53 bits per heavy atom. The highest BCUT2D eigenvalue weighted by Crippen LogP contribution is 2.19. The van der Waals surface area contributed by atoms with Crippen LogP contribution in [0.4, 0.5) is 0 Å². The van der Waals surface area contributed by atoms with E-state index in [1.807, 2.05) is 31.2 Å². The maximum atomic E-state index is 13.5. The number of fused-ring (bicyclic) bond motifs is 1. The lowest BCUT2D eigenvalue weighted by molar-refractivity contribution is -0.142. The molecule has 1 aromatic carbocycles. The molecule has 238 valence electrons. The van der Waals surface area contributed by atoms with Crippen molar-refractivity contribution in [2.75, 3.05) is 13.1 Å². The number of nitrogens with two attached hydrogens (primary N) is 2. The zero-order chi connectivity index (χ0) is 32.1. The molecule has 11 N–H and O–H groups in total. The molecule has 2 rings (SSSR count). The number of carboxylic acid groups (broad SMARTS) is 1. The van der Waals surface area contributed by atoms with Gasteiger partial charge in [0.05, 0.1) is 12.6 Å². The molecule has 0 aliphatic carbocycles. The average molecular weight is 604 g/mol. The number of carbonyl (C=O) groups is 5. The quantitative estimate of drug-likeness (QED) is 0.0972. The number of aromatic amines is 1. The summed E-state index contributed by atoms with van der Waals surface area (Å²) in [6, 6.07) is 2.36.